The molecule has 106 valence electrons. The van der Waals surface area contributed by atoms with Crippen molar-refractivity contribution in [2.24, 2.45) is 0 Å². The van der Waals surface area contributed by atoms with E-state index in [1.807, 2.05) is 13.0 Å². The predicted molar refractivity (Wildman–Crippen MR) is 82.7 cm³/mol. The molecule has 3 rings (SSSR count). The van der Waals surface area contributed by atoms with Gasteiger partial charge in [0.1, 0.15) is 18.0 Å². The average molecular weight is 301 g/mol. The van der Waals surface area contributed by atoms with Crippen LogP contribution in [0.2, 0.25) is 5.02 Å². The van der Waals surface area contributed by atoms with Gasteiger partial charge in [-0.25, -0.2) is 0 Å². The van der Waals surface area contributed by atoms with Crippen molar-refractivity contribution in [1.82, 2.24) is 0 Å². The largest absolute Gasteiger partial charge is 0.464 e. The highest BCUT2D eigenvalue weighted by atomic mass is 35.5. The molecule has 0 aliphatic heterocycles. The molecule has 1 N–H and O–H groups in total. The lowest BCUT2D eigenvalue weighted by Crippen LogP contribution is -2.14. The lowest BCUT2D eigenvalue weighted by molar-refractivity contribution is 0.216. The van der Waals surface area contributed by atoms with Gasteiger partial charge < -0.3 is 9.52 Å². The van der Waals surface area contributed by atoms with E-state index in [1.54, 1.807) is 36.4 Å². The molecule has 0 amide bonds. The molecule has 0 radical (unpaired) electrons. The molecule has 2 aromatic carbocycles. The van der Waals surface area contributed by atoms with Gasteiger partial charge in [-0.15, -0.1) is 0 Å². The van der Waals surface area contributed by atoms with Crippen LogP contribution in [0.25, 0.3) is 11.0 Å². The van der Waals surface area contributed by atoms with Gasteiger partial charge in [0.2, 0.25) is 0 Å². The first kappa shape index (κ1) is 13.9. The van der Waals surface area contributed by atoms with Crippen LogP contribution in [0.5, 0.6) is 0 Å². The third-order valence-electron chi connectivity index (χ3n) is 3.44. The summed E-state index contributed by atoms with van der Waals surface area (Å²) in [5.74, 6) is 0. The van der Waals surface area contributed by atoms with E-state index in [0.29, 0.717) is 21.6 Å². The van der Waals surface area contributed by atoms with Gasteiger partial charge in [0.05, 0.1) is 10.9 Å². The van der Waals surface area contributed by atoms with E-state index in [9.17, 15) is 9.90 Å². The van der Waals surface area contributed by atoms with Gasteiger partial charge in [-0.1, -0.05) is 35.4 Å². The molecule has 1 heterocycles. The zero-order valence-electron chi connectivity index (χ0n) is 11.3. The molecule has 1 atom stereocenters. The molecule has 0 spiro atoms. The Morgan fingerprint density at radius 2 is 1.86 bits per heavy atom. The van der Waals surface area contributed by atoms with E-state index in [1.165, 1.54) is 6.26 Å². The standard InChI is InChI=1S/C17H13ClO3/c1-10-2-7-15-13(8-10)17(20)14(9-21-15)16(19)11-3-5-12(18)6-4-11/h2-9,16,19H,1H3. The first-order valence-electron chi connectivity index (χ1n) is 6.52. The highest BCUT2D eigenvalue weighted by Gasteiger charge is 2.17. The summed E-state index contributed by atoms with van der Waals surface area (Å²) in [4.78, 5) is 12.5. The molecule has 3 aromatic rings. The van der Waals surface area contributed by atoms with Crippen LogP contribution in [-0.4, -0.2) is 5.11 Å². The number of hydrogen-bond acceptors (Lipinski definition) is 3. The molecule has 0 saturated heterocycles. The van der Waals surface area contributed by atoms with Crippen molar-refractivity contribution in [3.05, 3.63) is 80.7 Å². The second-order valence-electron chi connectivity index (χ2n) is 4.97. The molecule has 0 bridgehead atoms. The van der Waals surface area contributed by atoms with Crippen LogP contribution in [-0.2, 0) is 0 Å². The van der Waals surface area contributed by atoms with E-state index >= 15 is 0 Å². The Morgan fingerprint density at radius 1 is 1.14 bits per heavy atom. The minimum atomic E-state index is -1.04. The summed E-state index contributed by atoms with van der Waals surface area (Å²) in [6.45, 7) is 1.90. The van der Waals surface area contributed by atoms with Crippen LogP contribution in [0.3, 0.4) is 0 Å². The lowest BCUT2D eigenvalue weighted by Gasteiger charge is -2.11. The molecular weight excluding hydrogens is 288 g/mol. The molecule has 21 heavy (non-hydrogen) atoms. The summed E-state index contributed by atoms with van der Waals surface area (Å²) >= 11 is 5.83. The highest BCUT2D eigenvalue weighted by Crippen LogP contribution is 2.23. The maximum absolute atomic E-state index is 12.5. The summed E-state index contributed by atoms with van der Waals surface area (Å²) in [7, 11) is 0. The Labute approximate surface area is 126 Å². The Bertz CT molecular complexity index is 850. The van der Waals surface area contributed by atoms with Crippen LogP contribution < -0.4 is 5.43 Å². The van der Waals surface area contributed by atoms with Crippen LogP contribution in [0.1, 0.15) is 22.8 Å². The fourth-order valence-electron chi connectivity index (χ4n) is 2.27. The molecule has 0 fully saturated rings. The van der Waals surface area contributed by atoms with Gasteiger partial charge in [-0.3, -0.25) is 4.79 Å². The van der Waals surface area contributed by atoms with Crippen LogP contribution in [0.4, 0.5) is 0 Å². The van der Waals surface area contributed by atoms with Gasteiger partial charge >= 0.3 is 0 Å². The van der Waals surface area contributed by atoms with E-state index in [-0.39, 0.29) is 11.0 Å². The Balaban J connectivity index is 2.14. The maximum atomic E-state index is 12.5. The van der Waals surface area contributed by atoms with E-state index in [0.717, 1.165) is 5.56 Å². The van der Waals surface area contributed by atoms with Gasteiger partial charge in [-0.05, 0) is 36.8 Å². The zero-order chi connectivity index (χ0) is 15.0. The molecule has 0 aliphatic rings. The van der Waals surface area contributed by atoms with E-state index in [2.05, 4.69) is 0 Å². The van der Waals surface area contributed by atoms with Gasteiger partial charge in [-0.2, -0.15) is 0 Å². The molecule has 1 aromatic heterocycles. The second kappa shape index (κ2) is 5.35. The summed E-state index contributed by atoms with van der Waals surface area (Å²) in [5.41, 5.74) is 2.07. The first-order valence-corrected chi connectivity index (χ1v) is 6.89. The SMILES string of the molecule is Cc1ccc2occ(C(O)c3ccc(Cl)cc3)c(=O)c2c1. The fourth-order valence-corrected chi connectivity index (χ4v) is 2.40. The summed E-state index contributed by atoms with van der Waals surface area (Å²) < 4.78 is 5.46. The van der Waals surface area contributed by atoms with Crippen molar-refractivity contribution in [3.63, 3.8) is 0 Å². The van der Waals surface area contributed by atoms with Crippen LogP contribution >= 0.6 is 11.6 Å². The van der Waals surface area contributed by atoms with E-state index in [4.69, 9.17) is 16.0 Å². The maximum Gasteiger partial charge on any atom is 0.198 e. The zero-order valence-corrected chi connectivity index (χ0v) is 12.1. The molecule has 1 unspecified atom stereocenters. The molecular formula is C17H13ClO3. The number of aryl methyl sites for hydroxylation is 1. The number of fused-ring (bicyclic) bond motifs is 1. The summed E-state index contributed by atoms with van der Waals surface area (Å²) in [6, 6.07) is 12.1. The molecule has 0 saturated carbocycles. The topological polar surface area (TPSA) is 50.4 Å². The van der Waals surface area contributed by atoms with Gasteiger partial charge in [0.25, 0.3) is 0 Å². The van der Waals surface area contributed by atoms with Crippen molar-refractivity contribution in [3.8, 4) is 0 Å². The second-order valence-corrected chi connectivity index (χ2v) is 5.41. The summed E-state index contributed by atoms with van der Waals surface area (Å²) in [6.07, 6.45) is 0.280. The predicted octanol–water partition coefficient (Wildman–Crippen LogP) is 3.84. The number of aliphatic hydroxyl groups is 1. The Hall–Kier alpha value is -2.10. The quantitative estimate of drug-likeness (QED) is 0.782. The molecule has 4 heteroatoms. The van der Waals surface area contributed by atoms with Crippen molar-refractivity contribution in [2.45, 2.75) is 13.0 Å². The van der Waals surface area contributed by atoms with E-state index < -0.39 is 6.10 Å². The number of benzene rings is 2. The average Bonchev–Trinajstić information content (AvgIpc) is 2.48. The van der Waals surface area contributed by atoms with Crippen LogP contribution in [0.15, 0.2) is 57.9 Å². The lowest BCUT2D eigenvalue weighted by atomic mass is 10.0. The van der Waals surface area contributed by atoms with Crippen molar-refractivity contribution < 1.29 is 9.52 Å². The minimum absolute atomic E-state index is 0.218. The van der Waals surface area contributed by atoms with Crippen LogP contribution in [0, 0.1) is 6.92 Å². The smallest absolute Gasteiger partial charge is 0.198 e. The number of aliphatic hydroxyl groups excluding tert-OH is 1. The number of hydrogen-bond donors (Lipinski definition) is 1. The van der Waals surface area contributed by atoms with Crippen molar-refractivity contribution >= 4 is 22.6 Å². The number of rotatable bonds is 2. The molecule has 0 aliphatic carbocycles. The first-order chi connectivity index (χ1) is 10.1. The third kappa shape index (κ3) is 2.58. The monoisotopic (exact) mass is 300 g/mol. The normalized spacial score (nSPS) is 12.5. The Morgan fingerprint density at radius 3 is 2.57 bits per heavy atom. The molecule has 3 nitrogen and oxygen atoms in total. The summed E-state index contributed by atoms with van der Waals surface area (Å²) in [5, 5.41) is 11.4. The third-order valence-corrected chi connectivity index (χ3v) is 3.69. The fraction of sp³-hybridized carbons (Fsp3) is 0.118. The van der Waals surface area contributed by atoms with Gasteiger partial charge in [0, 0.05) is 5.02 Å². The highest BCUT2D eigenvalue weighted by molar-refractivity contribution is 6.30. The Kier molecular flexibility index (Phi) is 3.53. The number of halogens is 1. The van der Waals surface area contributed by atoms with Crippen molar-refractivity contribution in [1.29, 1.82) is 0 Å². The minimum Gasteiger partial charge on any atom is -0.464 e. The van der Waals surface area contributed by atoms with Gasteiger partial charge in [0.15, 0.2) is 5.43 Å². The van der Waals surface area contributed by atoms with Crippen molar-refractivity contribution in [2.75, 3.05) is 0 Å².